The van der Waals surface area contributed by atoms with E-state index in [1.54, 1.807) is 0 Å². The minimum Gasteiger partial charge on any atom is -0.480 e. The van der Waals surface area contributed by atoms with E-state index in [0.29, 0.717) is 12.1 Å². The number of aliphatic carboxylic acids is 1. The lowest BCUT2D eigenvalue weighted by Crippen LogP contribution is -2.60. The Kier molecular flexibility index (Phi) is 5.67. The summed E-state index contributed by atoms with van der Waals surface area (Å²) in [6, 6.07) is 1.03. The van der Waals surface area contributed by atoms with E-state index in [-0.39, 0.29) is 0 Å². The van der Waals surface area contributed by atoms with Crippen molar-refractivity contribution in [2.75, 3.05) is 13.1 Å². The average molecular weight is 296 g/mol. The van der Waals surface area contributed by atoms with E-state index < -0.39 is 11.5 Å². The largest absolute Gasteiger partial charge is 0.480 e. The maximum absolute atomic E-state index is 11.9. The number of nitrogens with one attached hydrogen (secondary N) is 1. The summed E-state index contributed by atoms with van der Waals surface area (Å²) in [5.74, 6) is 0.0873. The van der Waals surface area contributed by atoms with Gasteiger partial charge in [0.05, 0.1) is 0 Å². The molecule has 1 aliphatic heterocycles. The molecule has 1 saturated carbocycles. The van der Waals surface area contributed by atoms with Crippen molar-refractivity contribution in [1.82, 2.24) is 10.2 Å². The maximum atomic E-state index is 11.9. The molecule has 21 heavy (non-hydrogen) atoms. The van der Waals surface area contributed by atoms with E-state index in [4.69, 9.17) is 0 Å². The van der Waals surface area contributed by atoms with Crippen LogP contribution in [0.2, 0.25) is 0 Å². The van der Waals surface area contributed by atoms with Gasteiger partial charge in [0.25, 0.3) is 0 Å². The minimum atomic E-state index is -0.695. The van der Waals surface area contributed by atoms with Crippen molar-refractivity contribution in [3.8, 4) is 0 Å². The molecule has 4 atom stereocenters. The summed E-state index contributed by atoms with van der Waals surface area (Å²) < 4.78 is 0. The van der Waals surface area contributed by atoms with Gasteiger partial charge in [-0.15, -0.1) is 0 Å². The number of carboxylic acid groups (broad SMARTS) is 1. The Morgan fingerprint density at radius 3 is 2.76 bits per heavy atom. The molecule has 1 aliphatic carbocycles. The highest BCUT2D eigenvalue weighted by molar-refractivity contribution is 5.79. The second kappa shape index (κ2) is 7.10. The predicted molar refractivity (Wildman–Crippen MR) is 85.5 cm³/mol. The van der Waals surface area contributed by atoms with Gasteiger partial charge in [-0.25, -0.2) is 0 Å². The lowest BCUT2D eigenvalue weighted by molar-refractivity contribution is -0.148. The number of likely N-dealkylation sites (tertiary alicyclic amines) is 1. The standard InChI is InChI=1S/C17H32N2O2/c1-4-10-18-17(16(20)21)9-5-6-15(11-17)19-12-13(2)7-8-14(19)3/h13-15,18H,4-12H2,1-3H3,(H,20,21). The third-order valence-electron chi connectivity index (χ3n) is 5.48. The van der Waals surface area contributed by atoms with Crippen molar-refractivity contribution in [2.45, 2.75) is 83.3 Å². The van der Waals surface area contributed by atoms with Gasteiger partial charge in [-0.3, -0.25) is 9.69 Å². The summed E-state index contributed by atoms with van der Waals surface area (Å²) in [7, 11) is 0. The molecule has 122 valence electrons. The molecule has 2 rings (SSSR count). The lowest BCUT2D eigenvalue weighted by atomic mass is 9.77. The first-order chi connectivity index (χ1) is 9.98. The van der Waals surface area contributed by atoms with Gasteiger partial charge in [-0.05, 0) is 64.3 Å². The molecule has 1 saturated heterocycles. The van der Waals surface area contributed by atoms with Gasteiger partial charge in [0.1, 0.15) is 5.54 Å². The number of carbonyl (C=O) groups is 1. The van der Waals surface area contributed by atoms with Gasteiger partial charge in [-0.1, -0.05) is 13.8 Å². The van der Waals surface area contributed by atoms with Crippen molar-refractivity contribution in [3.05, 3.63) is 0 Å². The molecule has 0 aromatic heterocycles. The summed E-state index contributed by atoms with van der Waals surface area (Å²) in [6.07, 6.45) is 7.25. The normalized spacial score (nSPS) is 38.3. The number of carboxylic acids is 1. The SMILES string of the molecule is CCCNC1(C(=O)O)CCCC(N2CC(C)CCC2C)C1. The predicted octanol–water partition coefficient (Wildman–Crippen LogP) is 2.87. The van der Waals surface area contributed by atoms with Crippen molar-refractivity contribution < 1.29 is 9.90 Å². The van der Waals surface area contributed by atoms with E-state index in [9.17, 15) is 9.90 Å². The third kappa shape index (κ3) is 3.78. The van der Waals surface area contributed by atoms with Crippen molar-refractivity contribution in [2.24, 2.45) is 5.92 Å². The highest BCUT2D eigenvalue weighted by Crippen LogP contribution is 2.35. The summed E-state index contributed by atoms with van der Waals surface area (Å²) in [6.45, 7) is 8.65. The van der Waals surface area contributed by atoms with Crippen molar-refractivity contribution in [3.63, 3.8) is 0 Å². The molecule has 0 aromatic carbocycles. The molecule has 2 N–H and O–H groups in total. The van der Waals surface area contributed by atoms with Gasteiger partial charge in [0.15, 0.2) is 0 Å². The molecule has 4 unspecified atom stereocenters. The highest BCUT2D eigenvalue weighted by Gasteiger charge is 2.45. The van der Waals surface area contributed by atoms with Crippen molar-refractivity contribution >= 4 is 5.97 Å². The van der Waals surface area contributed by atoms with E-state index in [1.165, 1.54) is 12.8 Å². The van der Waals surface area contributed by atoms with E-state index in [2.05, 4.69) is 31.0 Å². The zero-order chi connectivity index (χ0) is 15.5. The molecule has 4 heteroatoms. The van der Waals surface area contributed by atoms with Crippen LogP contribution in [0.15, 0.2) is 0 Å². The zero-order valence-electron chi connectivity index (χ0n) is 13.9. The summed E-state index contributed by atoms with van der Waals surface area (Å²) in [5.41, 5.74) is -0.695. The average Bonchev–Trinajstić information content (AvgIpc) is 2.47. The summed E-state index contributed by atoms with van der Waals surface area (Å²) in [4.78, 5) is 14.5. The Bertz CT molecular complexity index is 361. The fourth-order valence-electron chi connectivity index (χ4n) is 4.16. The van der Waals surface area contributed by atoms with Crippen LogP contribution in [-0.2, 0) is 4.79 Å². The number of hydrogen-bond donors (Lipinski definition) is 2. The van der Waals surface area contributed by atoms with Gasteiger partial charge in [0, 0.05) is 18.6 Å². The van der Waals surface area contributed by atoms with Gasteiger partial charge < -0.3 is 10.4 Å². The first-order valence-electron chi connectivity index (χ1n) is 8.72. The molecule has 2 fully saturated rings. The number of hydrogen-bond acceptors (Lipinski definition) is 3. The summed E-state index contributed by atoms with van der Waals surface area (Å²) in [5, 5.41) is 13.1. The second-order valence-corrected chi connectivity index (χ2v) is 7.29. The van der Waals surface area contributed by atoms with E-state index >= 15 is 0 Å². The molecule has 2 aliphatic rings. The van der Waals surface area contributed by atoms with Crippen LogP contribution in [0, 0.1) is 5.92 Å². The lowest BCUT2D eigenvalue weighted by Gasteiger charge is -2.47. The van der Waals surface area contributed by atoms with Crippen LogP contribution in [0.25, 0.3) is 0 Å². The number of piperidine rings is 1. The van der Waals surface area contributed by atoms with Gasteiger partial charge in [0.2, 0.25) is 0 Å². The first kappa shape index (κ1) is 16.8. The van der Waals surface area contributed by atoms with E-state index in [1.807, 2.05) is 0 Å². The molecule has 0 aromatic rings. The molecule has 1 heterocycles. The minimum absolute atomic E-state index is 0.428. The van der Waals surface area contributed by atoms with Crippen LogP contribution in [0.3, 0.4) is 0 Å². The quantitative estimate of drug-likeness (QED) is 0.819. The smallest absolute Gasteiger partial charge is 0.323 e. The van der Waals surface area contributed by atoms with Crippen molar-refractivity contribution in [1.29, 1.82) is 0 Å². The molecular formula is C17H32N2O2. The van der Waals surface area contributed by atoms with Crippen LogP contribution in [0.4, 0.5) is 0 Å². The van der Waals surface area contributed by atoms with Gasteiger partial charge in [-0.2, -0.15) is 0 Å². The van der Waals surface area contributed by atoms with Crippen LogP contribution >= 0.6 is 0 Å². The highest BCUT2D eigenvalue weighted by atomic mass is 16.4. The Labute approximate surface area is 129 Å². The fraction of sp³-hybridized carbons (Fsp3) is 0.941. The first-order valence-corrected chi connectivity index (χ1v) is 8.72. The molecule has 0 radical (unpaired) electrons. The molecule has 0 amide bonds. The third-order valence-corrected chi connectivity index (χ3v) is 5.48. The van der Waals surface area contributed by atoms with Gasteiger partial charge >= 0.3 is 5.97 Å². The second-order valence-electron chi connectivity index (χ2n) is 7.29. The fourth-order valence-corrected chi connectivity index (χ4v) is 4.16. The number of nitrogens with zero attached hydrogens (tertiary/aromatic N) is 1. The Balaban J connectivity index is 2.08. The topological polar surface area (TPSA) is 52.6 Å². The molecule has 4 nitrogen and oxygen atoms in total. The van der Waals surface area contributed by atoms with Crippen LogP contribution in [0.1, 0.15) is 65.7 Å². The van der Waals surface area contributed by atoms with Crippen LogP contribution in [-0.4, -0.2) is 46.7 Å². The Morgan fingerprint density at radius 2 is 2.10 bits per heavy atom. The summed E-state index contributed by atoms with van der Waals surface area (Å²) >= 11 is 0. The zero-order valence-corrected chi connectivity index (χ0v) is 13.9. The molecular weight excluding hydrogens is 264 g/mol. The monoisotopic (exact) mass is 296 g/mol. The maximum Gasteiger partial charge on any atom is 0.323 e. The van der Waals surface area contributed by atoms with E-state index in [0.717, 1.165) is 51.1 Å². The van der Waals surface area contributed by atoms with Crippen LogP contribution in [0.5, 0.6) is 0 Å². The molecule has 0 spiro atoms. The number of rotatable bonds is 5. The molecule has 0 bridgehead atoms. The Hall–Kier alpha value is -0.610. The Morgan fingerprint density at radius 1 is 1.33 bits per heavy atom. The van der Waals surface area contributed by atoms with Crippen LogP contribution < -0.4 is 5.32 Å².